The van der Waals surface area contributed by atoms with Crippen LogP contribution in [-0.4, -0.2) is 64.4 Å². The third kappa shape index (κ3) is 6.58. The SMILES string of the molecule is CCCCCCCC(CCCCCCC)N1C(=O)c2ccc3c4ccc5c6c(ccc(c7ccc(c2c37)C1=O)c64)C(=O)N(CCOC(=O)c1ccc2c(c1)C(=O)c1ccccc1-2)C5=O. The van der Waals surface area contributed by atoms with Crippen LogP contribution in [0.2, 0.25) is 0 Å². The lowest BCUT2D eigenvalue weighted by molar-refractivity contribution is 0.0405. The Hall–Kier alpha value is -6.74. The summed E-state index contributed by atoms with van der Waals surface area (Å²) in [4.78, 5) is 86.4. The van der Waals surface area contributed by atoms with Crippen LogP contribution in [0, 0.1) is 0 Å². The van der Waals surface area contributed by atoms with E-state index >= 15 is 0 Å². The third-order valence-corrected chi connectivity index (χ3v) is 13.9. The highest BCUT2D eigenvalue weighted by Gasteiger charge is 2.39. The van der Waals surface area contributed by atoms with Gasteiger partial charge in [0.05, 0.1) is 12.1 Å². The van der Waals surface area contributed by atoms with Crippen LogP contribution in [0.15, 0.2) is 91.0 Å². The van der Waals surface area contributed by atoms with E-state index in [-0.39, 0.29) is 42.4 Å². The second-order valence-electron chi connectivity index (χ2n) is 17.7. The van der Waals surface area contributed by atoms with Crippen molar-refractivity contribution in [3.8, 4) is 11.1 Å². The summed E-state index contributed by atoms with van der Waals surface area (Å²) >= 11 is 0. The van der Waals surface area contributed by atoms with Gasteiger partial charge in [0.25, 0.3) is 23.6 Å². The molecule has 0 N–H and O–H groups in total. The van der Waals surface area contributed by atoms with Crippen LogP contribution in [0.4, 0.5) is 0 Å². The van der Waals surface area contributed by atoms with Crippen LogP contribution in [0.5, 0.6) is 0 Å². The topological polar surface area (TPSA) is 118 Å². The molecular formula is C55H50N2O7. The van der Waals surface area contributed by atoms with Gasteiger partial charge in [-0.1, -0.05) is 133 Å². The molecule has 7 aromatic rings. The predicted molar refractivity (Wildman–Crippen MR) is 250 cm³/mol. The van der Waals surface area contributed by atoms with Crippen molar-refractivity contribution in [1.29, 1.82) is 0 Å². The molecule has 0 bridgehead atoms. The number of hydrogen-bond donors (Lipinski definition) is 0. The highest BCUT2D eigenvalue weighted by Crippen LogP contribution is 2.47. The Kier molecular flexibility index (Phi) is 10.8. The molecule has 4 amide bonds. The monoisotopic (exact) mass is 850 g/mol. The van der Waals surface area contributed by atoms with Gasteiger partial charge in [0, 0.05) is 50.2 Å². The molecule has 0 saturated heterocycles. The van der Waals surface area contributed by atoms with Gasteiger partial charge in [-0.15, -0.1) is 0 Å². The first kappa shape index (κ1) is 41.3. The molecule has 0 fully saturated rings. The van der Waals surface area contributed by atoms with Crippen LogP contribution >= 0.6 is 0 Å². The van der Waals surface area contributed by atoms with Crippen molar-refractivity contribution in [2.45, 2.75) is 96.9 Å². The van der Waals surface area contributed by atoms with Crippen molar-refractivity contribution in [1.82, 2.24) is 9.80 Å². The van der Waals surface area contributed by atoms with Gasteiger partial charge in [0.1, 0.15) is 6.61 Å². The largest absolute Gasteiger partial charge is 0.460 e. The molecular weight excluding hydrogens is 801 g/mol. The van der Waals surface area contributed by atoms with Gasteiger partial charge in [-0.25, -0.2) is 4.79 Å². The second kappa shape index (κ2) is 16.8. The first-order valence-electron chi connectivity index (χ1n) is 23.1. The first-order chi connectivity index (χ1) is 31.2. The number of esters is 1. The van der Waals surface area contributed by atoms with Crippen molar-refractivity contribution >= 4 is 78.5 Å². The lowest BCUT2D eigenvalue weighted by atomic mass is 9.82. The van der Waals surface area contributed by atoms with E-state index in [2.05, 4.69) is 13.8 Å². The van der Waals surface area contributed by atoms with Gasteiger partial charge in [0.15, 0.2) is 5.78 Å². The van der Waals surface area contributed by atoms with E-state index < -0.39 is 17.8 Å². The Morgan fingerprint density at radius 2 is 0.938 bits per heavy atom. The van der Waals surface area contributed by atoms with Gasteiger partial charge in [0.2, 0.25) is 0 Å². The average molecular weight is 851 g/mol. The molecule has 0 saturated carbocycles. The zero-order chi connectivity index (χ0) is 44.2. The van der Waals surface area contributed by atoms with Crippen molar-refractivity contribution in [3.05, 3.63) is 130 Å². The number of benzene rings is 7. The maximum absolute atomic E-state index is 14.6. The van der Waals surface area contributed by atoms with E-state index in [0.717, 1.165) is 113 Å². The minimum absolute atomic E-state index is 0.153. The number of rotatable bonds is 17. The van der Waals surface area contributed by atoms with E-state index in [1.165, 1.54) is 18.9 Å². The molecule has 0 unspecified atom stereocenters. The lowest BCUT2D eigenvalue weighted by Gasteiger charge is -2.35. The molecule has 9 heteroatoms. The van der Waals surface area contributed by atoms with Crippen molar-refractivity contribution < 1.29 is 33.5 Å². The molecule has 64 heavy (non-hydrogen) atoms. The summed E-state index contributed by atoms with van der Waals surface area (Å²) in [5.74, 6) is -2.27. The van der Waals surface area contributed by atoms with E-state index in [0.29, 0.717) is 44.2 Å². The van der Waals surface area contributed by atoms with Crippen LogP contribution < -0.4 is 0 Å². The van der Waals surface area contributed by atoms with Gasteiger partial charge in [-0.3, -0.25) is 33.8 Å². The standard InChI is InChI=1S/C55H50N2O7/c1-3-5-7-9-11-15-33(16-12-10-8-6-4-2)57-53(61)43-27-23-38-36-21-25-41-48-42(26-22-37(46(36)48)39-24-28-44(54(57)62)49(43)47(38)39)52(60)56(51(41)59)29-30-64-55(63)32-19-20-35-34-17-13-14-18-40(34)50(58)45(35)31-32/h13-14,17-28,31,33H,3-12,15-16,29-30H2,1-2H3. The van der Waals surface area contributed by atoms with Gasteiger partial charge in [-0.2, -0.15) is 0 Å². The van der Waals surface area contributed by atoms with Crippen LogP contribution in [0.25, 0.3) is 54.2 Å². The molecule has 0 aromatic heterocycles. The summed E-state index contributed by atoms with van der Waals surface area (Å²) in [6.07, 6.45) is 12.7. The summed E-state index contributed by atoms with van der Waals surface area (Å²) in [7, 11) is 0. The Morgan fingerprint density at radius 3 is 1.45 bits per heavy atom. The summed E-state index contributed by atoms with van der Waals surface area (Å²) in [6, 6.07) is 26.9. The highest BCUT2D eigenvalue weighted by molar-refractivity contribution is 6.41. The molecule has 2 aliphatic heterocycles. The second-order valence-corrected chi connectivity index (χ2v) is 17.7. The van der Waals surface area contributed by atoms with Crippen LogP contribution in [0.3, 0.4) is 0 Å². The minimum Gasteiger partial charge on any atom is -0.460 e. The Morgan fingerprint density at radius 1 is 0.484 bits per heavy atom. The number of unbranched alkanes of at least 4 members (excludes halogenated alkanes) is 8. The summed E-state index contributed by atoms with van der Waals surface area (Å²) in [6.45, 7) is 4.01. The quantitative estimate of drug-likeness (QED) is 0.0294. The number of carbonyl (C=O) groups excluding carboxylic acids is 6. The number of amides is 4. The number of ketones is 1. The predicted octanol–water partition coefficient (Wildman–Crippen LogP) is 12.1. The molecule has 322 valence electrons. The van der Waals surface area contributed by atoms with Crippen molar-refractivity contribution in [2.75, 3.05) is 13.2 Å². The number of nitrogens with zero attached hydrogens (tertiary/aromatic N) is 2. The number of carbonyl (C=O) groups is 6. The Bertz CT molecular complexity index is 2980. The van der Waals surface area contributed by atoms with Crippen molar-refractivity contribution in [3.63, 3.8) is 0 Å². The molecule has 0 atom stereocenters. The number of fused-ring (bicyclic) bond motifs is 5. The zero-order valence-corrected chi connectivity index (χ0v) is 36.4. The minimum atomic E-state index is -0.659. The average Bonchev–Trinajstić information content (AvgIpc) is 3.60. The Labute approximate surface area is 371 Å². The fourth-order valence-electron chi connectivity index (χ4n) is 10.7. The normalized spacial score (nSPS) is 14.3. The van der Waals surface area contributed by atoms with Gasteiger partial charge < -0.3 is 4.74 Å². The molecule has 9 nitrogen and oxygen atoms in total. The summed E-state index contributed by atoms with van der Waals surface area (Å²) in [5.41, 5.74) is 4.60. The maximum atomic E-state index is 14.6. The zero-order valence-electron chi connectivity index (χ0n) is 36.4. The van der Waals surface area contributed by atoms with Crippen LogP contribution in [0.1, 0.15) is 159 Å². The summed E-state index contributed by atoms with van der Waals surface area (Å²) < 4.78 is 5.58. The first-order valence-corrected chi connectivity index (χ1v) is 23.1. The smallest absolute Gasteiger partial charge is 0.338 e. The highest BCUT2D eigenvalue weighted by atomic mass is 16.5. The van der Waals surface area contributed by atoms with Gasteiger partial charge >= 0.3 is 5.97 Å². The van der Waals surface area contributed by atoms with E-state index in [1.807, 2.05) is 48.5 Å². The third-order valence-electron chi connectivity index (χ3n) is 13.9. The van der Waals surface area contributed by atoms with Gasteiger partial charge in [-0.05, 0) is 92.7 Å². The molecule has 0 spiro atoms. The molecule has 3 aliphatic rings. The van der Waals surface area contributed by atoms with Crippen LogP contribution in [-0.2, 0) is 4.74 Å². The maximum Gasteiger partial charge on any atom is 0.338 e. The van der Waals surface area contributed by atoms with Crippen molar-refractivity contribution in [2.24, 2.45) is 0 Å². The Balaban J connectivity index is 0.929. The van der Waals surface area contributed by atoms with E-state index in [1.54, 1.807) is 41.3 Å². The summed E-state index contributed by atoms with van der Waals surface area (Å²) in [5, 5.41) is 6.15. The fourth-order valence-corrected chi connectivity index (χ4v) is 10.7. The number of ether oxygens (including phenoxy) is 1. The van der Waals surface area contributed by atoms with E-state index in [4.69, 9.17) is 4.74 Å². The molecule has 2 heterocycles. The van der Waals surface area contributed by atoms with E-state index in [9.17, 15) is 28.8 Å². The number of hydrogen-bond acceptors (Lipinski definition) is 7. The number of imide groups is 2. The molecule has 10 rings (SSSR count). The molecule has 7 aromatic carbocycles. The fraction of sp³-hybridized carbons (Fsp3) is 0.309. The lowest BCUT2D eigenvalue weighted by Crippen LogP contribution is -2.47. The molecule has 0 radical (unpaired) electrons. The molecule has 1 aliphatic carbocycles.